The molecule has 0 saturated heterocycles. The molecule has 5 nitrogen and oxygen atoms in total. The molecule has 2 aromatic rings. The third-order valence-electron chi connectivity index (χ3n) is 3.38. The summed E-state index contributed by atoms with van der Waals surface area (Å²) in [6, 6.07) is 13.6. The van der Waals surface area contributed by atoms with Gasteiger partial charge in [-0.05, 0) is 12.1 Å². The number of hydrogen-bond acceptors (Lipinski definition) is 4. The van der Waals surface area contributed by atoms with Crippen molar-refractivity contribution in [2.75, 3.05) is 6.61 Å². The van der Waals surface area contributed by atoms with Gasteiger partial charge in [0.2, 0.25) is 5.69 Å². The molecule has 0 unspecified atom stereocenters. The molecule has 0 radical (unpaired) electrons. The lowest BCUT2D eigenvalue weighted by Gasteiger charge is -2.08. The average Bonchev–Trinajstić information content (AvgIpc) is 2.78. The number of nitrogens with zero attached hydrogens (tertiary/aromatic N) is 1. The fourth-order valence-corrected chi connectivity index (χ4v) is 2.28. The Hall–Kier alpha value is -2.66. The number of ketones is 1. The number of aliphatic hydroxyl groups excluding tert-OH is 1. The molecule has 1 aliphatic heterocycles. The Morgan fingerprint density at radius 3 is 2.57 bits per heavy atom. The lowest BCUT2D eigenvalue weighted by Crippen LogP contribution is -2.23. The first-order valence-electron chi connectivity index (χ1n) is 6.50. The zero-order valence-corrected chi connectivity index (χ0v) is 11.2. The summed E-state index contributed by atoms with van der Waals surface area (Å²) in [5, 5.41) is 21.3. The Morgan fingerprint density at radius 1 is 1.10 bits per heavy atom. The molecule has 0 aromatic heterocycles. The number of benzene rings is 2. The molecular weight excluding hydrogens is 270 g/mol. The van der Waals surface area contributed by atoms with E-state index >= 15 is 0 Å². The molecule has 0 amide bonds. The van der Waals surface area contributed by atoms with Crippen LogP contribution >= 0.6 is 0 Å². The summed E-state index contributed by atoms with van der Waals surface area (Å²) >= 11 is 0. The third-order valence-corrected chi connectivity index (χ3v) is 3.38. The second-order valence-corrected chi connectivity index (χ2v) is 4.64. The van der Waals surface area contributed by atoms with Gasteiger partial charge in [0.15, 0.2) is 6.61 Å². The van der Waals surface area contributed by atoms with Gasteiger partial charge in [0.1, 0.15) is 11.3 Å². The normalized spacial score (nSPS) is 13.5. The van der Waals surface area contributed by atoms with Crippen molar-refractivity contribution in [3.05, 3.63) is 64.9 Å². The molecule has 0 aliphatic carbocycles. The fourth-order valence-electron chi connectivity index (χ4n) is 2.28. The Balaban J connectivity index is 1.84. The predicted molar refractivity (Wildman–Crippen MR) is 76.9 cm³/mol. The molecule has 2 aromatic carbocycles. The molecular formula is C16H13NO4. The minimum absolute atomic E-state index is 0.0453. The number of Topliss-reactive ketones (excluding diaryl/α,β-unsaturated/α-hetero) is 1. The van der Waals surface area contributed by atoms with E-state index in [-0.39, 0.29) is 24.7 Å². The Bertz CT molecular complexity index is 737. The van der Waals surface area contributed by atoms with Gasteiger partial charge in [-0.2, -0.15) is 4.74 Å². The maximum absolute atomic E-state index is 12.2. The molecule has 1 heterocycles. The standard InChI is InChI=1S/C16H13NO4/c18-9-11-5-1-4-8-15(11)21-10-14-16(19)12-6-2-3-7-13(12)17(14)20/h1-8,18H,9-10H2. The molecule has 0 spiro atoms. The van der Waals surface area contributed by atoms with Gasteiger partial charge < -0.3 is 15.1 Å². The van der Waals surface area contributed by atoms with Crippen LogP contribution in [0.4, 0.5) is 5.69 Å². The van der Waals surface area contributed by atoms with Crippen molar-refractivity contribution in [1.82, 2.24) is 0 Å². The van der Waals surface area contributed by atoms with E-state index in [1.165, 1.54) is 0 Å². The zero-order valence-electron chi connectivity index (χ0n) is 11.2. The van der Waals surface area contributed by atoms with Crippen LogP contribution in [0.1, 0.15) is 15.9 Å². The number of fused-ring (bicyclic) bond motifs is 1. The highest BCUT2D eigenvalue weighted by Gasteiger charge is 2.35. The number of carbonyl (C=O) groups is 1. The minimum atomic E-state index is -0.318. The van der Waals surface area contributed by atoms with E-state index in [0.29, 0.717) is 27.3 Å². The van der Waals surface area contributed by atoms with Crippen LogP contribution in [0.5, 0.6) is 5.75 Å². The summed E-state index contributed by atoms with van der Waals surface area (Å²) in [7, 11) is 0. The fraction of sp³-hybridized carbons (Fsp3) is 0.125. The first kappa shape index (κ1) is 13.3. The highest BCUT2D eigenvalue weighted by Crippen LogP contribution is 2.26. The summed E-state index contributed by atoms with van der Waals surface area (Å²) in [6.07, 6.45) is 0. The van der Waals surface area contributed by atoms with E-state index in [1.807, 2.05) is 0 Å². The first-order valence-corrected chi connectivity index (χ1v) is 6.50. The van der Waals surface area contributed by atoms with E-state index in [9.17, 15) is 15.1 Å². The van der Waals surface area contributed by atoms with Crippen molar-refractivity contribution in [3.63, 3.8) is 0 Å². The molecule has 0 bridgehead atoms. The molecule has 3 rings (SSSR count). The third kappa shape index (κ3) is 2.28. The van der Waals surface area contributed by atoms with Crippen LogP contribution in [0.15, 0.2) is 48.5 Å². The number of para-hydroxylation sites is 2. The minimum Gasteiger partial charge on any atom is -0.618 e. The van der Waals surface area contributed by atoms with E-state index in [2.05, 4.69) is 0 Å². The maximum Gasteiger partial charge on any atom is 0.279 e. The summed E-state index contributed by atoms with van der Waals surface area (Å²) in [5.41, 5.74) is 1.39. The maximum atomic E-state index is 12.2. The van der Waals surface area contributed by atoms with Gasteiger partial charge in [-0.1, -0.05) is 30.3 Å². The highest BCUT2D eigenvalue weighted by molar-refractivity contribution is 6.47. The lowest BCUT2D eigenvalue weighted by atomic mass is 10.1. The van der Waals surface area contributed by atoms with E-state index in [1.54, 1.807) is 48.5 Å². The molecule has 0 saturated carbocycles. The highest BCUT2D eigenvalue weighted by atomic mass is 16.5. The van der Waals surface area contributed by atoms with Gasteiger partial charge in [0, 0.05) is 11.6 Å². The van der Waals surface area contributed by atoms with Crippen LogP contribution in [0.2, 0.25) is 0 Å². The van der Waals surface area contributed by atoms with Gasteiger partial charge in [-0.3, -0.25) is 4.79 Å². The smallest absolute Gasteiger partial charge is 0.279 e. The summed E-state index contributed by atoms with van der Waals surface area (Å²) < 4.78 is 6.13. The number of ether oxygens (including phenoxy) is 1. The van der Waals surface area contributed by atoms with Crippen molar-refractivity contribution in [3.8, 4) is 5.75 Å². The number of rotatable bonds is 4. The SMILES string of the molecule is O=C1C(COc2ccccc2CO)=[N+]([O-])c2ccccc21. The molecule has 0 atom stereocenters. The Labute approximate surface area is 121 Å². The predicted octanol–water partition coefficient (Wildman–Crippen LogP) is 2.04. The number of carbonyl (C=O) groups excluding carboxylic acids is 1. The molecule has 5 heteroatoms. The van der Waals surface area contributed by atoms with Crippen LogP contribution in [-0.4, -0.2) is 27.9 Å². The van der Waals surface area contributed by atoms with Gasteiger partial charge in [-0.15, -0.1) is 0 Å². The monoisotopic (exact) mass is 283 g/mol. The summed E-state index contributed by atoms with van der Waals surface area (Å²) in [6.45, 7) is -0.297. The van der Waals surface area contributed by atoms with Crippen LogP contribution < -0.4 is 4.74 Å². The molecule has 1 N–H and O–H groups in total. The molecule has 0 fully saturated rings. The molecule has 21 heavy (non-hydrogen) atoms. The van der Waals surface area contributed by atoms with Crippen LogP contribution in [0, 0.1) is 5.21 Å². The van der Waals surface area contributed by atoms with Crippen molar-refractivity contribution in [2.45, 2.75) is 6.61 Å². The Kier molecular flexibility index (Phi) is 3.41. The van der Waals surface area contributed by atoms with Crippen molar-refractivity contribution in [1.29, 1.82) is 0 Å². The van der Waals surface area contributed by atoms with Gasteiger partial charge in [0.05, 0.1) is 6.61 Å². The molecule has 106 valence electrons. The van der Waals surface area contributed by atoms with Crippen molar-refractivity contribution in [2.24, 2.45) is 0 Å². The van der Waals surface area contributed by atoms with E-state index < -0.39 is 0 Å². The van der Waals surface area contributed by atoms with Crippen molar-refractivity contribution < 1.29 is 19.4 Å². The quantitative estimate of drug-likeness (QED) is 0.688. The number of aliphatic hydroxyl groups is 1. The first-order chi connectivity index (χ1) is 10.2. The van der Waals surface area contributed by atoms with Crippen LogP contribution in [0.3, 0.4) is 0 Å². The average molecular weight is 283 g/mol. The summed E-state index contributed by atoms with van der Waals surface area (Å²) in [4.78, 5) is 12.2. The lowest BCUT2D eigenvalue weighted by molar-refractivity contribution is -0.358. The largest absolute Gasteiger partial charge is 0.618 e. The topological polar surface area (TPSA) is 72.6 Å². The van der Waals surface area contributed by atoms with Gasteiger partial charge in [0.25, 0.3) is 11.5 Å². The van der Waals surface area contributed by atoms with Gasteiger partial charge >= 0.3 is 0 Å². The van der Waals surface area contributed by atoms with Crippen molar-refractivity contribution >= 4 is 17.2 Å². The van der Waals surface area contributed by atoms with E-state index in [0.717, 1.165) is 0 Å². The molecule has 1 aliphatic rings. The zero-order chi connectivity index (χ0) is 14.8. The number of hydrogen-bond donors (Lipinski definition) is 1. The van der Waals surface area contributed by atoms with Crippen LogP contribution in [-0.2, 0) is 6.61 Å². The Morgan fingerprint density at radius 2 is 1.81 bits per heavy atom. The van der Waals surface area contributed by atoms with Crippen LogP contribution in [0.25, 0.3) is 0 Å². The van der Waals surface area contributed by atoms with E-state index in [4.69, 9.17) is 4.74 Å². The second kappa shape index (κ2) is 5.38. The summed E-state index contributed by atoms with van der Waals surface area (Å²) in [5.74, 6) is 0.145. The van der Waals surface area contributed by atoms with Gasteiger partial charge in [-0.25, -0.2) is 0 Å². The second-order valence-electron chi connectivity index (χ2n) is 4.64.